The van der Waals surface area contributed by atoms with Crippen molar-refractivity contribution in [1.29, 1.82) is 0 Å². The van der Waals surface area contributed by atoms with E-state index >= 15 is 0 Å². The molecule has 3 nitrogen and oxygen atoms in total. The van der Waals surface area contributed by atoms with Crippen molar-refractivity contribution in [3.63, 3.8) is 0 Å². The minimum atomic E-state index is 0.353. The Kier molecular flexibility index (Phi) is 2.42. The molecule has 1 aromatic heterocycles. The third kappa shape index (κ3) is 1.56. The van der Waals surface area contributed by atoms with Crippen LogP contribution in [-0.2, 0) is 4.43 Å². The predicted molar refractivity (Wildman–Crippen MR) is 48.9 cm³/mol. The highest BCUT2D eigenvalue weighted by Crippen LogP contribution is 2.08. The fourth-order valence-electron chi connectivity index (χ4n) is 0.641. The smallest absolute Gasteiger partial charge is 0.220 e. The summed E-state index contributed by atoms with van der Waals surface area (Å²) >= 11 is 2.27. The van der Waals surface area contributed by atoms with Gasteiger partial charge in [0.1, 0.15) is 0 Å². The van der Waals surface area contributed by atoms with E-state index in [1.807, 2.05) is 6.92 Å². The first-order chi connectivity index (χ1) is 4.74. The molecule has 1 aromatic rings. The lowest BCUT2D eigenvalue weighted by molar-refractivity contribution is 1.07. The molecule has 0 atom stereocenters. The molecule has 0 fully saturated rings. The normalized spacial score (nSPS) is 9.80. The molecular weight excluding hydrogens is 241 g/mol. The van der Waals surface area contributed by atoms with Crippen molar-refractivity contribution >= 4 is 28.5 Å². The maximum Gasteiger partial charge on any atom is 0.220 e. The van der Waals surface area contributed by atoms with Gasteiger partial charge in [-0.05, 0) is 6.92 Å². The van der Waals surface area contributed by atoms with Crippen LogP contribution in [0.15, 0.2) is 6.20 Å². The SMILES string of the molecule is Cc1nc(N)ncc1CI. The van der Waals surface area contributed by atoms with Gasteiger partial charge in [-0.25, -0.2) is 9.97 Å². The van der Waals surface area contributed by atoms with Crippen molar-refractivity contribution in [2.24, 2.45) is 0 Å². The summed E-state index contributed by atoms with van der Waals surface area (Å²) in [5.41, 5.74) is 7.48. The second kappa shape index (κ2) is 3.14. The van der Waals surface area contributed by atoms with Gasteiger partial charge in [0.15, 0.2) is 0 Å². The van der Waals surface area contributed by atoms with Crippen LogP contribution in [0, 0.1) is 6.92 Å². The zero-order valence-corrected chi connectivity index (χ0v) is 7.79. The quantitative estimate of drug-likeness (QED) is 0.602. The fourth-order valence-corrected chi connectivity index (χ4v) is 1.39. The topological polar surface area (TPSA) is 51.8 Å². The number of nitrogens with two attached hydrogens (primary N) is 1. The molecule has 0 aromatic carbocycles. The lowest BCUT2D eigenvalue weighted by Gasteiger charge is -1.99. The van der Waals surface area contributed by atoms with Gasteiger partial charge < -0.3 is 5.73 Å². The Hall–Kier alpha value is -0.390. The van der Waals surface area contributed by atoms with Crippen molar-refractivity contribution in [1.82, 2.24) is 9.97 Å². The summed E-state index contributed by atoms with van der Waals surface area (Å²) in [5, 5.41) is 0. The first kappa shape index (κ1) is 7.71. The molecule has 2 N–H and O–H groups in total. The molecule has 1 rings (SSSR count). The molecule has 54 valence electrons. The summed E-state index contributed by atoms with van der Waals surface area (Å²) < 4.78 is 0.934. The van der Waals surface area contributed by atoms with Gasteiger partial charge in [-0.1, -0.05) is 22.6 Å². The number of aryl methyl sites for hydroxylation is 1. The van der Waals surface area contributed by atoms with Crippen LogP contribution in [0.2, 0.25) is 0 Å². The van der Waals surface area contributed by atoms with Crippen molar-refractivity contribution in [2.75, 3.05) is 5.73 Å². The van der Waals surface area contributed by atoms with Gasteiger partial charge in [0.25, 0.3) is 0 Å². The average Bonchev–Trinajstić information content (AvgIpc) is 1.88. The van der Waals surface area contributed by atoms with Crippen LogP contribution in [0.4, 0.5) is 5.95 Å². The van der Waals surface area contributed by atoms with Gasteiger partial charge in [0, 0.05) is 21.9 Å². The summed E-state index contributed by atoms with van der Waals surface area (Å²) in [5.74, 6) is 0.353. The molecule has 0 saturated heterocycles. The summed E-state index contributed by atoms with van der Waals surface area (Å²) in [6, 6.07) is 0. The highest BCUT2D eigenvalue weighted by Gasteiger charge is 1.97. The zero-order valence-electron chi connectivity index (χ0n) is 5.63. The van der Waals surface area contributed by atoms with E-state index in [4.69, 9.17) is 5.73 Å². The molecule has 0 amide bonds. The van der Waals surface area contributed by atoms with Crippen LogP contribution in [0.1, 0.15) is 11.3 Å². The summed E-state index contributed by atoms with van der Waals surface area (Å²) in [4.78, 5) is 7.88. The van der Waals surface area contributed by atoms with Crippen molar-refractivity contribution in [3.05, 3.63) is 17.5 Å². The van der Waals surface area contributed by atoms with E-state index in [2.05, 4.69) is 32.6 Å². The second-order valence-electron chi connectivity index (χ2n) is 1.97. The third-order valence-electron chi connectivity index (χ3n) is 1.24. The van der Waals surface area contributed by atoms with Gasteiger partial charge in [-0.3, -0.25) is 0 Å². The Morgan fingerprint density at radius 2 is 2.40 bits per heavy atom. The van der Waals surface area contributed by atoms with E-state index in [-0.39, 0.29) is 0 Å². The number of hydrogen-bond acceptors (Lipinski definition) is 3. The van der Waals surface area contributed by atoms with Gasteiger partial charge >= 0.3 is 0 Å². The van der Waals surface area contributed by atoms with E-state index in [9.17, 15) is 0 Å². The predicted octanol–water partition coefficient (Wildman–Crippen LogP) is 1.30. The number of anilines is 1. The van der Waals surface area contributed by atoms with E-state index < -0.39 is 0 Å². The maximum absolute atomic E-state index is 5.36. The number of hydrogen-bond donors (Lipinski definition) is 1. The van der Waals surface area contributed by atoms with Crippen LogP contribution < -0.4 is 5.73 Å². The van der Waals surface area contributed by atoms with Gasteiger partial charge in [-0.15, -0.1) is 0 Å². The Morgan fingerprint density at radius 3 is 2.90 bits per heavy atom. The van der Waals surface area contributed by atoms with Crippen LogP contribution >= 0.6 is 22.6 Å². The molecule has 0 radical (unpaired) electrons. The Balaban J connectivity index is 3.07. The highest BCUT2D eigenvalue weighted by atomic mass is 127. The standard InChI is InChI=1S/C6H8IN3/c1-4-5(2-7)3-9-6(8)10-4/h3H,2H2,1H3,(H2,8,9,10). The van der Waals surface area contributed by atoms with Crippen molar-refractivity contribution < 1.29 is 0 Å². The molecule has 0 bridgehead atoms. The number of nitrogen functional groups attached to an aromatic ring is 1. The summed E-state index contributed by atoms with van der Waals surface area (Å²) in [6.07, 6.45) is 1.77. The van der Waals surface area contributed by atoms with E-state index in [0.717, 1.165) is 15.7 Å². The van der Waals surface area contributed by atoms with Crippen LogP contribution in [0.3, 0.4) is 0 Å². The fraction of sp³-hybridized carbons (Fsp3) is 0.333. The first-order valence-corrected chi connectivity index (χ1v) is 4.40. The zero-order chi connectivity index (χ0) is 7.56. The minimum Gasteiger partial charge on any atom is -0.368 e. The van der Waals surface area contributed by atoms with Crippen molar-refractivity contribution in [2.45, 2.75) is 11.4 Å². The van der Waals surface area contributed by atoms with Crippen LogP contribution in [0.5, 0.6) is 0 Å². The van der Waals surface area contributed by atoms with Crippen LogP contribution in [0.25, 0.3) is 0 Å². The van der Waals surface area contributed by atoms with E-state index in [0.29, 0.717) is 5.95 Å². The summed E-state index contributed by atoms with van der Waals surface area (Å²) in [6.45, 7) is 1.94. The largest absolute Gasteiger partial charge is 0.368 e. The Bertz CT molecular complexity index is 236. The van der Waals surface area contributed by atoms with Crippen LogP contribution in [-0.4, -0.2) is 9.97 Å². The monoisotopic (exact) mass is 249 g/mol. The molecule has 4 heteroatoms. The number of alkyl halides is 1. The number of nitrogens with zero attached hydrogens (tertiary/aromatic N) is 2. The lowest BCUT2D eigenvalue weighted by Crippen LogP contribution is -1.98. The molecule has 1 heterocycles. The average molecular weight is 249 g/mol. The van der Waals surface area contributed by atoms with Crippen molar-refractivity contribution in [3.8, 4) is 0 Å². The number of rotatable bonds is 1. The molecule has 0 aliphatic rings. The molecule has 0 saturated carbocycles. The second-order valence-corrected chi connectivity index (χ2v) is 2.74. The maximum atomic E-state index is 5.36. The van der Waals surface area contributed by atoms with E-state index in [1.165, 1.54) is 0 Å². The third-order valence-corrected chi connectivity index (χ3v) is 2.07. The summed E-state index contributed by atoms with van der Waals surface area (Å²) in [7, 11) is 0. The molecular formula is C6H8IN3. The molecule has 0 spiro atoms. The highest BCUT2D eigenvalue weighted by molar-refractivity contribution is 14.1. The Labute approximate surface area is 73.2 Å². The number of halogens is 1. The van der Waals surface area contributed by atoms with Gasteiger partial charge in [-0.2, -0.15) is 0 Å². The molecule has 10 heavy (non-hydrogen) atoms. The van der Waals surface area contributed by atoms with E-state index in [1.54, 1.807) is 6.20 Å². The molecule has 0 aliphatic carbocycles. The number of aromatic nitrogens is 2. The van der Waals surface area contributed by atoms with Gasteiger partial charge in [0.2, 0.25) is 5.95 Å². The van der Waals surface area contributed by atoms with Gasteiger partial charge in [0.05, 0.1) is 0 Å². The Morgan fingerprint density at radius 1 is 1.70 bits per heavy atom. The molecule has 0 unspecified atom stereocenters. The molecule has 0 aliphatic heterocycles. The lowest BCUT2D eigenvalue weighted by atomic mass is 10.3. The minimum absolute atomic E-state index is 0.353. The first-order valence-electron chi connectivity index (χ1n) is 2.88.